The molecule has 0 amide bonds. The van der Waals surface area contributed by atoms with E-state index in [1.165, 1.54) is 27.9 Å². The van der Waals surface area contributed by atoms with Crippen LogP contribution in [0.2, 0.25) is 0 Å². The Kier molecular flexibility index (Phi) is 3.19. The number of nitrogens with one attached hydrogen (secondary N) is 1. The van der Waals surface area contributed by atoms with Gasteiger partial charge < -0.3 is 5.32 Å². The Bertz CT molecular complexity index is 490. The van der Waals surface area contributed by atoms with Crippen LogP contribution < -0.4 is 5.32 Å². The SMILES string of the molecule is CC1=C(C)C(C)=C(C)C1=CNc1ccccc1. The molecule has 0 unspecified atom stereocenters. The summed E-state index contributed by atoms with van der Waals surface area (Å²) < 4.78 is 0. The molecule has 1 aromatic carbocycles. The van der Waals surface area contributed by atoms with E-state index in [0.29, 0.717) is 0 Å². The molecule has 0 radical (unpaired) electrons. The van der Waals surface area contributed by atoms with E-state index in [-0.39, 0.29) is 0 Å². The van der Waals surface area contributed by atoms with Gasteiger partial charge in [0.25, 0.3) is 0 Å². The van der Waals surface area contributed by atoms with E-state index >= 15 is 0 Å². The summed E-state index contributed by atoms with van der Waals surface area (Å²) >= 11 is 0. The van der Waals surface area contributed by atoms with Gasteiger partial charge in [-0.2, -0.15) is 0 Å². The van der Waals surface area contributed by atoms with Crippen molar-refractivity contribution in [3.8, 4) is 0 Å². The second-order valence-corrected chi connectivity index (χ2v) is 4.57. The molecular weight excluding hydrogens is 206 g/mol. The molecule has 1 nitrogen and oxygen atoms in total. The fourth-order valence-electron chi connectivity index (χ4n) is 2.15. The summed E-state index contributed by atoms with van der Waals surface area (Å²) in [5.74, 6) is 0. The zero-order chi connectivity index (χ0) is 12.4. The standard InChI is InChI=1S/C16H19N/c1-11-12(2)14(4)16(13(11)3)10-17-15-8-6-5-7-9-15/h5-10,17H,1-4H3. The quantitative estimate of drug-likeness (QED) is 0.771. The van der Waals surface area contributed by atoms with Gasteiger partial charge in [0.15, 0.2) is 0 Å². The number of hydrogen-bond acceptors (Lipinski definition) is 1. The largest absolute Gasteiger partial charge is 0.361 e. The normalized spacial score (nSPS) is 15.6. The van der Waals surface area contributed by atoms with Gasteiger partial charge in [0.05, 0.1) is 0 Å². The summed E-state index contributed by atoms with van der Waals surface area (Å²) in [6.07, 6.45) is 2.11. The first-order chi connectivity index (χ1) is 8.11. The van der Waals surface area contributed by atoms with Crippen molar-refractivity contribution in [3.05, 3.63) is 64.4 Å². The van der Waals surface area contributed by atoms with Gasteiger partial charge in [-0.25, -0.2) is 0 Å². The van der Waals surface area contributed by atoms with Crippen molar-refractivity contribution in [1.82, 2.24) is 0 Å². The molecule has 0 spiro atoms. The van der Waals surface area contributed by atoms with Gasteiger partial charge in [0.2, 0.25) is 0 Å². The summed E-state index contributed by atoms with van der Waals surface area (Å²) in [5, 5.41) is 3.36. The van der Waals surface area contributed by atoms with E-state index in [1.807, 2.05) is 18.2 Å². The van der Waals surface area contributed by atoms with Crippen molar-refractivity contribution < 1.29 is 0 Å². The van der Waals surface area contributed by atoms with Crippen LogP contribution in [0.4, 0.5) is 5.69 Å². The molecular formula is C16H19N. The van der Waals surface area contributed by atoms with Crippen LogP contribution in [0.1, 0.15) is 27.7 Å². The fraction of sp³-hybridized carbons (Fsp3) is 0.250. The zero-order valence-electron chi connectivity index (χ0n) is 11.0. The number of hydrogen-bond donors (Lipinski definition) is 1. The van der Waals surface area contributed by atoms with E-state index in [2.05, 4.69) is 51.3 Å². The second-order valence-electron chi connectivity index (χ2n) is 4.57. The van der Waals surface area contributed by atoms with Crippen molar-refractivity contribution in [2.45, 2.75) is 27.7 Å². The van der Waals surface area contributed by atoms with Crippen LogP contribution in [-0.2, 0) is 0 Å². The van der Waals surface area contributed by atoms with Crippen LogP contribution in [0.25, 0.3) is 0 Å². The predicted molar refractivity (Wildman–Crippen MR) is 74.9 cm³/mol. The highest BCUT2D eigenvalue weighted by atomic mass is 14.8. The maximum atomic E-state index is 3.36. The number of rotatable bonds is 2. The van der Waals surface area contributed by atoms with E-state index in [4.69, 9.17) is 0 Å². The highest BCUT2D eigenvalue weighted by Gasteiger charge is 2.17. The molecule has 0 saturated heterocycles. The zero-order valence-corrected chi connectivity index (χ0v) is 11.0. The Morgan fingerprint density at radius 2 is 1.29 bits per heavy atom. The lowest BCUT2D eigenvalue weighted by molar-refractivity contribution is 1.31. The van der Waals surface area contributed by atoms with Crippen LogP contribution >= 0.6 is 0 Å². The highest BCUT2D eigenvalue weighted by Crippen LogP contribution is 2.35. The summed E-state index contributed by atoms with van der Waals surface area (Å²) in [4.78, 5) is 0. The lowest BCUT2D eigenvalue weighted by Crippen LogP contribution is -1.92. The summed E-state index contributed by atoms with van der Waals surface area (Å²) in [5.41, 5.74) is 8.02. The van der Waals surface area contributed by atoms with Crippen molar-refractivity contribution in [2.24, 2.45) is 0 Å². The predicted octanol–water partition coefficient (Wildman–Crippen LogP) is 4.67. The molecule has 0 atom stereocenters. The summed E-state index contributed by atoms with van der Waals surface area (Å²) in [6, 6.07) is 10.3. The van der Waals surface area contributed by atoms with Gasteiger partial charge in [-0.1, -0.05) is 18.2 Å². The van der Waals surface area contributed by atoms with Gasteiger partial charge in [-0.05, 0) is 67.7 Å². The third-order valence-electron chi connectivity index (χ3n) is 3.65. The highest BCUT2D eigenvalue weighted by molar-refractivity contribution is 5.63. The average molecular weight is 225 g/mol. The lowest BCUT2D eigenvalue weighted by atomic mass is 10.1. The van der Waals surface area contributed by atoms with Crippen LogP contribution in [0.5, 0.6) is 0 Å². The molecule has 2 rings (SSSR count). The van der Waals surface area contributed by atoms with Crippen molar-refractivity contribution >= 4 is 5.69 Å². The Hall–Kier alpha value is -1.76. The summed E-state index contributed by atoms with van der Waals surface area (Å²) in [7, 11) is 0. The molecule has 0 bridgehead atoms. The molecule has 0 aliphatic heterocycles. The monoisotopic (exact) mass is 225 g/mol. The molecule has 1 aromatic rings. The first-order valence-corrected chi connectivity index (χ1v) is 5.99. The molecule has 88 valence electrons. The lowest BCUT2D eigenvalue weighted by Gasteiger charge is -2.06. The van der Waals surface area contributed by atoms with Gasteiger partial charge in [0.1, 0.15) is 0 Å². The van der Waals surface area contributed by atoms with Crippen LogP contribution in [0.3, 0.4) is 0 Å². The average Bonchev–Trinajstić information content (AvgIpc) is 2.54. The molecule has 1 N–H and O–H groups in total. The fourth-order valence-corrected chi connectivity index (χ4v) is 2.15. The Morgan fingerprint density at radius 3 is 1.82 bits per heavy atom. The maximum Gasteiger partial charge on any atom is 0.0379 e. The minimum absolute atomic E-state index is 1.13. The van der Waals surface area contributed by atoms with Crippen molar-refractivity contribution in [1.29, 1.82) is 0 Å². The molecule has 0 fully saturated rings. The van der Waals surface area contributed by atoms with Crippen molar-refractivity contribution in [3.63, 3.8) is 0 Å². The van der Waals surface area contributed by atoms with Crippen LogP contribution in [-0.4, -0.2) is 0 Å². The number of para-hydroxylation sites is 1. The van der Waals surface area contributed by atoms with E-state index in [9.17, 15) is 0 Å². The molecule has 17 heavy (non-hydrogen) atoms. The third kappa shape index (κ3) is 2.19. The van der Waals surface area contributed by atoms with E-state index in [0.717, 1.165) is 5.69 Å². The van der Waals surface area contributed by atoms with Gasteiger partial charge in [0, 0.05) is 11.9 Å². The van der Waals surface area contributed by atoms with Crippen molar-refractivity contribution in [2.75, 3.05) is 5.32 Å². The number of anilines is 1. The summed E-state index contributed by atoms with van der Waals surface area (Å²) in [6.45, 7) is 8.76. The molecule has 0 aromatic heterocycles. The van der Waals surface area contributed by atoms with Crippen LogP contribution in [0.15, 0.2) is 64.4 Å². The third-order valence-corrected chi connectivity index (χ3v) is 3.65. The molecule has 0 heterocycles. The molecule has 1 aliphatic rings. The molecule has 1 aliphatic carbocycles. The first-order valence-electron chi connectivity index (χ1n) is 5.99. The molecule has 0 saturated carbocycles. The van der Waals surface area contributed by atoms with Gasteiger partial charge in [-0.15, -0.1) is 0 Å². The maximum absolute atomic E-state index is 3.36. The Balaban J connectivity index is 2.25. The Morgan fingerprint density at radius 1 is 0.765 bits per heavy atom. The topological polar surface area (TPSA) is 12.0 Å². The minimum atomic E-state index is 1.13. The molecule has 1 heteroatoms. The smallest absolute Gasteiger partial charge is 0.0379 e. The van der Waals surface area contributed by atoms with E-state index in [1.54, 1.807) is 0 Å². The van der Waals surface area contributed by atoms with E-state index < -0.39 is 0 Å². The Labute approximate surface area is 104 Å². The van der Waals surface area contributed by atoms with Crippen LogP contribution in [0, 0.1) is 0 Å². The number of benzene rings is 1. The first kappa shape index (κ1) is 11.7. The van der Waals surface area contributed by atoms with Gasteiger partial charge >= 0.3 is 0 Å². The second kappa shape index (κ2) is 4.62. The number of allylic oxidation sites excluding steroid dienone is 5. The minimum Gasteiger partial charge on any atom is -0.361 e. The van der Waals surface area contributed by atoms with Gasteiger partial charge in [-0.3, -0.25) is 0 Å².